The third-order valence-corrected chi connectivity index (χ3v) is 3.66. The number of hydrogen-bond donors (Lipinski definition) is 2. The molecule has 6 heteroatoms. The van der Waals surface area contributed by atoms with Crippen molar-refractivity contribution in [2.75, 3.05) is 25.6 Å². The van der Waals surface area contributed by atoms with Crippen LogP contribution in [0.25, 0.3) is 0 Å². The van der Waals surface area contributed by atoms with Gasteiger partial charge in [0.1, 0.15) is 5.82 Å². The number of nitrogens with zero attached hydrogens (tertiary/aromatic N) is 1. The molecule has 0 saturated carbocycles. The van der Waals surface area contributed by atoms with Crippen LogP contribution in [0.15, 0.2) is 27.7 Å². The molecule has 1 rings (SSSR count). The average molecular weight is 334 g/mol. The Kier molecular flexibility index (Phi) is 7.12. The maximum absolute atomic E-state index is 13.1. The maximum Gasteiger partial charge on any atom is 0.191 e. The van der Waals surface area contributed by atoms with Gasteiger partial charge in [0.15, 0.2) is 5.96 Å². The van der Waals surface area contributed by atoms with Crippen molar-refractivity contribution < 1.29 is 4.39 Å². The lowest BCUT2D eigenvalue weighted by atomic mass is 10.2. The molecule has 0 aliphatic rings. The first kappa shape index (κ1) is 15.3. The second-order valence-corrected chi connectivity index (χ2v) is 5.42. The van der Waals surface area contributed by atoms with Gasteiger partial charge in [0.25, 0.3) is 0 Å². The van der Waals surface area contributed by atoms with E-state index in [9.17, 15) is 4.39 Å². The largest absolute Gasteiger partial charge is 0.356 e. The molecule has 1 aromatic carbocycles. The zero-order valence-electron chi connectivity index (χ0n) is 10.5. The van der Waals surface area contributed by atoms with Crippen LogP contribution in [0.1, 0.15) is 5.56 Å². The number of aliphatic imine (C=N–C) groups is 1. The van der Waals surface area contributed by atoms with Gasteiger partial charge in [-0.25, -0.2) is 4.39 Å². The van der Waals surface area contributed by atoms with E-state index in [-0.39, 0.29) is 5.82 Å². The fourth-order valence-corrected chi connectivity index (χ4v) is 2.04. The molecule has 0 aliphatic heterocycles. The van der Waals surface area contributed by atoms with Crippen LogP contribution in [-0.2, 0) is 6.54 Å². The summed E-state index contributed by atoms with van der Waals surface area (Å²) in [5, 5.41) is 6.33. The van der Waals surface area contributed by atoms with Crippen LogP contribution in [-0.4, -0.2) is 31.6 Å². The zero-order valence-corrected chi connectivity index (χ0v) is 12.9. The second-order valence-electron chi connectivity index (χ2n) is 3.58. The van der Waals surface area contributed by atoms with E-state index < -0.39 is 0 Å². The van der Waals surface area contributed by atoms with E-state index in [2.05, 4.69) is 37.8 Å². The Labute approximate surface area is 120 Å². The molecule has 18 heavy (non-hydrogen) atoms. The molecule has 3 nitrogen and oxygen atoms in total. The maximum atomic E-state index is 13.1. The van der Waals surface area contributed by atoms with Gasteiger partial charge in [-0.3, -0.25) is 4.99 Å². The van der Waals surface area contributed by atoms with Gasteiger partial charge >= 0.3 is 0 Å². The molecule has 100 valence electrons. The topological polar surface area (TPSA) is 36.4 Å². The van der Waals surface area contributed by atoms with Gasteiger partial charge in [-0.15, -0.1) is 0 Å². The number of guanidine groups is 1. The van der Waals surface area contributed by atoms with Gasteiger partial charge in [-0.05, 0) is 30.0 Å². The van der Waals surface area contributed by atoms with Crippen molar-refractivity contribution in [1.82, 2.24) is 10.6 Å². The first-order chi connectivity index (χ1) is 8.67. The van der Waals surface area contributed by atoms with Gasteiger partial charge < -0.3 is 10.6 Å². The van der Waals surface area contributed by atoms with Gasteiger partial charge in [-0.1, -0.05) is 15.9 Å². The molecular formula is C12H17BrFN3S. The summed E-state index contributed by atoms with van der Waals surface area (Å²) in [5.41, 5.74) is 0.864. The SMILES string of the molecule is CN=C(NCCSC)NCc1cc(F)ccc1Br. The Morgan fingerprint density at radius 1 is 1.44 bits per heavy atom. The fourth-order valence-electron chi connectivity index (χ4n) is 1.35. The summed E-state index contributed by atoms with van der Waals surface area (Å²) >= 11 is 5.17. The third-order valence-electron chi connectivity index (χ3n) is 2.28. The Morgan fingerprint density at radius 2 is 2.22 bits per heavy atom. The molecule has 0 unspecified atom stereocenters. The summed E-state index contributed by atoms with van der Waals surface area (Å²) in [4.78, 5) is 4.10. The summed E-state index contributed by atoms with van der Waals surface area (Å²) in [7, 11) is 1.72. The van der Waals surface area contributed by atoms with Crippen LogP contribution in [0.3, 0.4) is 0 Å². The number of benzene rings is 1. The Balaban J connectivity index is 2.49. The molecule has 0 radical (unpaired) electrons. The molecule has 0 amide bonds. The highest BCUT2D eigenvalue weighted by molar-refractivity contribution is 9.10. The lowest BCUT2D eigenvalue weighted by Crippen LogP contribution is -2.38. The van der Waals surface area contributed by atoms with Crippen LogP contribution in [0.2, 0.25) is 0 Å². The lowest BCUT2D eigenvalue weighted by molar-refractivity contribution is 0.624. The molecule has 0 aliphatic carbocycles. The Bertz CT molecular complexity index is 412. The second kappa shape index (κ2) is 8.37. The summed E-state index contributed by atoms with van der Waals surface area (Å²) in [6.07, 6.45) is 2.06. The van der Waals surface area contributed by atoms with E-state index in [0.29, 0.717) is 6.54 Å². The number of thioether (sulfide) groups is 1. The van der Waals surface area contributed by atoms with E-state index in [1.165, 1.54) is 12.1 Å². The molecule has 0 spiro atoms. The van der Waals surface area contributed by atoms with Gasteiger partial charge in [0.05, 0.1) is 0 Å². The van der Waals surface area contributed by atoms with Crippen LogP contribution < -0.4 is 10.6 Å². The summed E-state index contributed by atoms with van der Waals surface area (Å²) in [6.45, 7) is 1.38. The number of hydrogen-bond acceptors (Lipinski definition) is 2. The van der Waals surface area contributed by atoms with Crippen molar-refractivity contribution in [2.45, 2.75) is 6.54 Å². The predicted octanol–water partition coefficient (Wildman–Crippen LogP) is 2.62. The molecule has 0 bridgehead atoms. The number of nitrogens with one attached hydrogen (secondary N) is 2. The lowest BCUT2D eigenvalue weighted by Gasteiger charge is -2.12. The van der Waals surface area contributed by atoms with Crippen molar-refractivity contribution in [2.24, 2.45) is 4.99 Å². The van der Waals surface area contributed by atoms with Crippen molar-refractivity contribution in [3.63, 3.8) is 0 Å². The fraction of sp³-hybridized carbons (Fsp3) is 0.417. The van der Waals surface area contributed by atoms with E-state index in [0.717, 1.165) is 28.3 Å². The van der Waals surface area contributed by atoms with Crippen molar-refractivity contribution >= 4 is 33.7 Å². The highest BCUT2D eigenvalue weighted by Gasteiger charge is 2.03. The first-order valence-corrected chi connectivity index (χ1v) is 7.73. The van der Waals surface area contributed by atoms with Crippen LogP contribution in [0, 0.1) is 5.82 Å². The smallest absolute Gasteiger partial charge is 0.191 e. The van der Waals surface area contributed by atoms with Gasteiger partial charge in [0.2, 0.25) is 0 Å². The molecule has 0 saturated heterocycles. The summed E-state index contributed by atoms with van der Waals surface area (Å²) in [5.74, 6) is 1.50. The van der Waals surface area contributed by atoms with Gasteiger partial charge in [0, 0.05) is 30.4 Å². The Hall–Kier alpha value is -0.750. The van der Waals surface area contributed by atoms with Crippen LogP contribution >= 0.6 is 27.7 Å². The van der Waals surface area contributed by atoms with Crippen LogP contribution in [0.5, 0.6) is 0 Å². The predicted molar refractivity (Wildman–Crippen MR) is 80.7 cm³/mol. The van der Waals surface area contributed by atoms with Gasteiger partial charge in [-0.2, -0.15) is 11.8 Å². The summed E-state index contributed by atoms with van der Waals surface area (Å²) in [6, 6.07) is 4.64. The minimum atomic E-state index is -0.236. The molecular weight excluding hydrogens is 317 g/mol. The highest BCUT2D eigenvalue weighted by atomic mass is 79.9. The molecule has 0 aromatic heterocycles. The summed E-state index contributed by atoms with van der Waals surface area (Å²) < 4.78 is 14.0. The molecule has 0 heterocycles. The van der Waals surface area contributed by atoms with Crippen molar-refractivity contribution in [3.05, 3.63) is 34.1 Å². The number of halogens is 2. The minimum absolute atomic E-state index is 0.236. The normalized spacial score (nSPS) is 11.4. The standard InChI is InChI=1S/C12H17BrFN3S/c1-15-12(16-5-6-18-2)17-8-9-7-10(14)3-4-11(9)13/h3-4,7H,5-6,8H2,1-2H3,(H2,15,16,17). The number of rotatable bonds is 5. The molecule has 2 N–H and O–H groups in total. The minimum Gasteiger partial charge on any atom is -0.356 e. The van der Waals surface area contributed by atoms with E-state index in [1.807, 2.05) is 0 Å². The van der Waals surface area contributed by atoms with Crippen molar-refractivity contribution in [3.8, 4) is 0 Å². The van der Waals surface area contributed by atoms with E-state index in [1.54, 1.807) is 24.9 Å². The monoisotopic (exact) mass is 333 g/mol. The third kappa shape index (κ3) is 5.27. The molecule has 0 fully saturated rings. The van der Waals surface area contributed by atoms with Crippen LogP contribution in [0.4, 0.5) is 4.39 Å². The molecule has 1 aromatic rings. The quantitative estimate of drug-likeness (QED) is 0.494. The van der Waals surface area contributed by atoms with E-state index in [4.69, 9.17) is 0 Å². The Morgan fingerprint density at radius 3 is 2.89 bits per heavy atom. The average Bonchev–Trinajstić information content (AvgIpc) is 2.37. The molecule has 0 atom stereocenters. The van der Waals surface area contributed by atoms with E-state index >= 15 is 0 Å². The zero-order chi connectivity index (χ0) is 13.4. The first-order valence-electron chi connectivity index (χ1n) is 5.54. The highest BCUT2D eigenvalue weighted by Crippen LogP contribution is 2.17. The van der Waals surface area contributed by atoms with Crippen molar-refractivity contribution in [1.29, 1.82) is 0 Å².